The number of hydrogen-bond acceptors (Lipinski definition) is 6. The van der Waals surface area contributed by atoms with E-state index in [9.17, 15) is 8.42 Å². The maximum Gasteiger partial charge on any atom is 0.200 e. The van der Waals surface area contributed by atoms with Crippen molar-refractivity contribution in [3.63, 3.8) is 0 Å². The fraction of sp³-hybridized carbons (Fsp3) is 0.389. The molecule has 6 nitrogen and oxygen atoms in total. The summed E-state index contributed by atoms with van der Waals surface area (Å²) in [5, 5.41) is 3.77. The Hall–Kier alpha value is -1.99. The molecule has 1 aliphatic rings. The third-order valence-electron chi connectivity index (χ3n) is 3.97. The minimum Gasteiger partial charge on any atom is -0.486 e. The van der Waals surface area contributed by atoms with Gasteiger partial charge in [0.25, 0.3) is 0 Å². The Kier molecular flexibility index (Phi) is 5.03. The number of hydrogen-bond donors (Lipinski definition) is 1. The highest BCUT2D eigenvalue weighted by Gasteiger charge is 2.31. The lowest BCUT2D eigenvalue weighted by Crippen LogP contribution is -2.28. The number of sulfone groups is 1. The van der Waals surface area contributed by atoms with E-state index in [0.29, 0.717) is 42.0 Å². The molecular weight excluding hydrogens is 376 g/mol. The van der Waals surface area contributed by atoms with Crippen LogP contribution in [0.15, 0.2) is 35.5 Å². The van der Waals surface area contributed by atoms with E-state index in [0.717, 1.165) is 5.56 Å². The topological polar surface area (TPSA) is 77.5 Å². The van der Waals surface area contributed by atoms with Gasteiger partial charge in [-0.3, -0.25) is 0 Å². The molecule has 2 heterocycles. The smallest absolute Gasteiger partial charge is 0.200 e. The van der Waals surface area contributed by atoms with Gasteiger partial charge in [-0.2, -0.15) is 0 Å². The van der Waals surface area contributed by atoms with Crippen molar-refractivity contribution in [2.24, 2.45) is 0 Å². The van der Waals surface area contributed by atoms with Crippen molar-refractivity contribution >= 4 is 27.1 Å². The molecule has 8 heteroatoms. The molecule has 0 radical (unpaired) electrons. The van der Waals surface area contributed by atoms with E-state index >= 15 is 0 Å². The molecular formula is C18H21ClN2O4S. The van der Waals surface area contributed by atoms with Crippen LogP contribution in [-0.2, 0) is 16.4 Å². The van der Waals surface area contributed by atoms with E-state index in [1.54, 1.807) is 26.8 Å². The lowest BCUT2D eigenvalue weighted by molar-refractivity contribution is 0.171. The van der Waals surface area contributed by atoms with Crippen LogP contribution in [0.25, 0.3) is 0 Å². The number of pyridine rings is 1. The molecule has 1 aromatic carbocycles. The quantitative estimate of drug-likeness (QED) is 0.849. The molecule has 1 aliphatic heterocycles. The normalized spacial score (nSPS) is 14.2. The lowest BCUT2D eigenvalue weighted by Gasteiger charge is -2.20. The first-order chi connectivity index (χ1) is 12.2. The van der Waals surface area contributed by atoms with Crippen molar-refractivity contribution in [2.75, 3.05) is 18.5 Å². The number of nitrogens with one attached hydrogen (secondary N) is 1. The van der Waals surface area contributed by atoms with E-state index in [1.165, 1.54) is 12.3 Å². The summed E-state index contributed by atoms with van der Waals surface area (Å²) in [7, 11) is -3.46. The van der Waals surface area contributed by atoms with Crippen LogP contribution in [-0.4, -0.2) is 31.4 Å². The standard InChI is InChI=1S/C18H21ClN2O4S/c1-18(2,3)26(22,23)16-5-4-13(11-21-16)20-10-12-8-14(19)17-15(9-12)24-6-7-25-17/h4-5,8-9,11,20H,6-7,10H2,1-3H3. The third-order valence-corrected chi connectivity index (χ3v) is 6.66. The monoisotopic (exact) mass is 396 g/mol. The van der Waals surface area contributed by atoms with Gasteiger partial charge in [0.15, 0.2) is 26.4 Å². The summed E-state index contributed by atoms with van der Waals surface area (Å²) in [6.45, 7) is 6.43. The minimum atomic E-state index is -3.46. The summed E-state index contributed by atoms with van der Waals surface area (Å²) in [5.41, 5.74) is 1.63. The van der Waals surface area contributed by atoms with Crippen molar-refractivity contribution < 1.29 is 17.9 Å². The Morgan fingerprint density at radius 1 is 1.19 bits per heavy atom. The highest BCUT2D eigenvalue weighted by molar-refractivity contribution is 7.92. The molecule has 0 unspecified atom stereocenters. The molecule has 140 valence electrons. The zero-order chi connectivity index (χ0) is 18.9. The molecule has 0 bridgehead atoms. The average molecular weight is 397 g/mol. The van der Waals surface area contributed by atoms with E-state index in [1.807, 2.05) is 12.1 Å². The fourth-order valence-corrected chi connectivity index (χ4v) is 3.78. The Morgan fingerprint density at radius 3 is 2.58 bits per heavy atom. The Balaban J connectivity index is 1.72. The van der Waals surface area contributed by atoms with Gasteiger partial charge in [-0.15, -0.1) is 0 Å². The van der Waals surface area contributed by atoms with Gasteiger partial charge in [0.05, 0.1) is 21.7 Å². The second-order valence-electron chi connectivity index (χ2n) is 6.96. The number of anilines is 1. The van der Waals surface area contributed by atoms with E-state index in [2.05, 4.69) is 10.3 Å². The molecule has 0 atom stereocenters. The Bertz CT molecular complexity index is 906. The minimum absolute atomic E-state index is 0.0675. The molecule has 0 saturated heterocycles. The van der Waals surface area contributed by atoms with Crippen molar-refractivity contribution in [2.45, 2.75) is 37.1 Å². The second-order valence-corrected chi connectivity index (χ2v) is 10.0. The van der Waals surface area contributed by atoms with Gasteiger partial charge in [-0.1, -0.05) is 11.6 Å². The van der Waals surface area contributed by atoms with Crippen LogP contribution in [0.4, 0.5) is 5.69 Å². The Labute approximate surface area is 158 Å². The summed E-state index contributed by atoms with van der Waals surface area (Å²) >= 11 is 6.23. The number of nitrogens with zero attached hydrogens (tertiary/aromatic N) is 1. The highest BCUT2D eigenvalue weighted by atomic mass is 35.5. The predicted octanol–water partition coefficient (Wildman–Crippen LogP) is 3.69. The summed E-state index contributed by atoms with van der Waals surface area (Å²) in [6.07, 6.45) is 1.51. The van der Waals surface area contributed by atoms with E-state index < -0.39 is 14.6 Å². The van der Waals surface area contributed by atoms with Crippen LogP contribution in [0.2, 0.25) is 5.02 Å². The first-order valence-corrected chi connectivity index (χ1v) is 10.1. The molecule has 0 spiro atoms. The van der Waals surface area contributed by atoms with Crippen molar-refractivity contribution in [1.29, 1.82) is 0 Å². The van der Waals surface area contributed by atoms with E-state index in [4.69, 9.17) is 21.1 Å². The zero-order valence-corrected chi connectivity index (χ0v) is 16.4. The van der Waals surface area contributed by atoms with Gasteiger partial charge in [-0.25, -0.2) is 13.4 Å². The zero-order valence-electron chi connectivity index (χ0n) is 14.9. The number of ether oxygens (including phenoxy) is 2. The molecule has 0 amide bonds. The molecule has 0 fully saturated rings. The molecule has 1 N–H and O–H groups in total. The number of halogens is 1. The first-order valence-electron chi connectivity index (χ1n) is 8.21. The van der Waals surface area contributed by atoms with Gasteiger partial charge < -0.3 is 14.8 Å². The Morgan fingerprint density at radius 2 is 1.92 bits per heavy atom. The van der Waals surface area contributed by atoms with Crippen molar-refractivity contribution in [3.8, 4) is 11.5 Å². The van der Waals surface area contributed by atoms with Gasteiger partial charge in [0.1, 0.15) is 13.2 Å². The second kappa shape index (κ2) is 6.96. The van der Waals surface area contributed by atoms with Gasteiger partial charge in [0.2, 0.25) is 0 Å². The van der Waals surface area contributed by atoms with Gasteiger partial charge in [0, 0.05) is 6.54 Å². The van der Waals surface area contributed by atoms with Crippen molar-refractivity contribution in [1.82, 2.24) is 4.98 Å². The van der Waals surface area contributed by atoms with Crippen LogP contribution < -0.4 is 14.8 Å². The molecule has 3 rings (SSSR count). The summed E-state index contributed by atoms with van der Waals surface area (Å²) in [5.74, 6) is 1.20. The van der Waals surface area contributed by atoms with Crippen LogP contribution in [0.5, 0.6) is 11.5 Å². The number of aromatic nitrogens is 1. The number of benzene rings is 1. The highest BCUT2D eigenvalue weighted by Crippen LogP contribution is 2.38. The van der Waals surface area contributed by atoms with Crippen LogP contribution in [0, 0.1) is 0 Å². The van der Waals surface area contributed by atoms with Gasteiger partial charge in [-0.05, 0) is 50.6 Å². The maximum atomic E-state index is 12.4. The molecule has 2 aromatic rings. The van der Waals surface area contributed by atoms with Crippen LogP contribution in [0.1, 0.15) is 26.3 Å². The van der Waals surface area contributed by atoms with E-state index in [-0.39, 0.29) is 5.03 Å². The molecule has 0 saturated carbocycles. The number of fused-ring (bicyclic) bond motifs is 1. The molecule has 26 heavy (non-hydrogen) atoms. The summed E-state index contributed by atoms with van der Waals surface area (Å²) in [6, 6.07) is 6.90. The van der Waals surface area contributed by atoms with Gasteiger partial charge >= 0.3 is 0 Å². The molecule has 1 aromatic heterocycles. The lowest BCUT2D eigenvalue weighted by atomic mass is 10.2. The largest absolute Gasteiger partial charge is 0.486 e. The molecule has 0 aliphatic carbocycles. The average Bonchev–Trinajstić information content (AvgIpc) is 2.59. The summed E-state index contributed by atoms with van der Waals surface area (Å²) < 4.78 is 35.0. The van der Waals surface area contributed by atoms with Crippen molar-refractivity contribution in [3.05, 3.63) is 41.0 Å². The first kappa shape index (κ1) is 18.8. The summed E-state index contributed by atoms with van der Waals surface area (Å²) in [4.78, 5) is 4.10. The fourth-order valence-electron chi connectivity index (χ4n) is 2.43. The van der Waals surface area contributed by atoms with Crippen LogP contribution in [0.3, 0.4) is 0 Å². The SMILES string of the molecule is CC(C)(C)S(=O)(=O)c1ccc(NCc2cc(Cl)c3c(c2)OCCO3)cn1. The predicted molar refractivity (Wildman–Crippen MR) is 101 cm³/mol. The maximum absolute atomic E-state index is 12.4. The third kappa shape index (κ3) is 3.73. The number of rotatable bonds is 4. The van der Waals surface area contributed by atoms with Crippen LogP contribution >= 0.6 is 11.6 Å².